The lowest BCUT2D eigenvalue weighted by atomic mass is 10.0. The molecule has 0 saturated carbocycles. The molecule has 1 aliphatic rings. The van der Waals surface area contributed by atoms with Gasteiger partial charge >= 0.3 is 0 Å². The first-order chi connectivity index (χ1) is 25.9. The van der Waals surface area contributed by atoms with E-state index in [2.05, 4.69) is 86.4 Å². The highest BCUT2D eigenvalue weighted by molar-refractivity contribution is 6.12. The van der Waals surface area contributed by atoms with Gasteiger partial charge in [-0.25, -0.2) is 14.4 Å². The summed E-state index contributed by atoms with van der Waals surface area (Å²) in [5.41, 5.74) is 15.6. The van der Waals surface area contributed by atoms with Crippen LogP contribution in [0.3, 0.4) is 0 Å². The monoisotopic (exact) mass is 725 g/mol. The summed E-state index contributed by atoms with van der Waals surface area (Å²) in [6.07, 6.45) is 6.98. The fourth-order valence-electron chi connectivity index (χ4n) is 6.60. The molecule has 0 amide bonds. The number of nitrogens with one attached hydrogen (secondary N) is 3. The van der Waals surface area contributed by atoms with Crippen molar-refractivity contribution in [1.29, 1.82) is 5.41 Å². The number of halogens is 1. The van der Waals surface area contributed by atoms with Gasteiger partial charge in [0.2, 0.25) is 0 Å². The molecular weight excluding hydrogens is 674 g/mol. The molecule has 5 rings (SSSR count). The van der Waals surface area contributed by atoms with Gasteiger partial charge in [0, 0.05) is 85.9 Å². The van der Waals surface area contributed by atoms with Crippen molar-refractivity contribution in [2.24, 2.45) is 0 Å². The van der Waals surface area contributed by atoms with Gasteiger partial charge in [-0.3, -0.25) is 5.41 Å². The molecule has 0 bridgehead atoms. The Labute approximate surface area is 319 Å². The molecule has 4 aromatic rings. The van der Waals surface area contributed by atoms with Crippen molar-refractivity contribution in [2.75, 3.05) is 62.8 Å². The first-order valence-electron chi connectivity index (χ1n) is 18.1. The SMILES string of the molecule is C=Cc1ccc(NCC(=C)N2CCN(c3ccc(C(=N)c4nc(-c5c(C)cccc5F)ncc4N)cc3)CC2)cc1C(=C)N(C)C(C=C)CCC(=C)NC. The van der Waals surface area contributed by atoms with E-state index in [1.54, 1.807) is 19.1 Å². The van der Waals surface area contributed by atoms with E-state index < -0.39 is 5.82 Å². The number of likely N-dealkylation sites (N-methyl/N-ethyl adjacent to an activating group) is 1. The predicted octanol–water partition coefficient (Wildman–Crippen LogP) is 7.95. The van der Waals surface area contributed by atoms with Crippen LogP contribution in [0.25, 0.3) is 23.2 Å². The molecule has 9 nitrogen and oxygen atoms in total. The molecule has 5 N–H and O–H groups in total. The van der Waals surface area contributed by atoms with E-state index >= 15 is 0 Å². The van der Waals surface area contributed by atoms with Gasteiger partial charge in [-0.15, -0.1) is 6.58 Å². The lowest BCUT2D eigenvalue weighted by molar-refractivity contribution is 0.321. The fraction of sp³-hybridized carbons (Fsp3) is 0.250. The molecule has 1 fully saturated rings. The van der Waals surface area contributed by atoms with Crippen molar-refractivity contribution in [1.82, 2.24) is 25.1 Å². The quantitative estimate of drug-likeness (QED) is 0.0642. The Kier molecular flexibility index (Phi) is 12.7. The molecule has 1 unspecified atom stereocenters. The summed E-state index contributed by atoms with van der Waals surface area (Å²) in [6.45, 7) is 26.7. The summed E-state index contributed by atoms with van der Waals surface area (Å²) in [6, 6.07) is 19.0. The predicted molar refractivity (Wildman–Crippen MR) is 225 cm³/mol. The Morgan fingerprint density at radius 1 is 1.06 bits per heavy atom. The number of anilines is 3. The highest BCUT2D eigenvalue weighted by atomic mass is 19.1. The van der Waals surface area contributed by atoms with Gasteiger partial charge in [-0.1, -0.05) is 68.8 Å². The maximum absolute atomic E-state index is 14.7. The number of nitrogen functional groups attached to an aromatic ring is 1. The number of nitrogens with zero attached hydrogens (tertiary/aromatic N) is 5. The van der Waals surface area contributed by atoms with Crippen LogP contribution >= 0.6 is 0 Å². The Bertz CT molecular complexity index is 2020. The third-order valence-electron chi connectivity index (χ3n) is 10.1. The van der Waals surface area contributed by atoms with E-state index in [1.165, 1.54) is 12.3 Å². The fourth-order valence-corrected chi connectivity index (χ4v) is 6.60. The lowest BCUT2D eigenvalue weighted by Crippen LogP contribution is -2.46. The standard InChI is InChI=1S/C44H52FN9/c1-9-33-15-18-35(26-38(33)32(6)52(8)36(10-2)19-14-30(4)48-7)49-27-31(5)53-22-24-54(25-23-53)37-20-16-34(17-21-37)42(47)43-40(46)28-50-44(51-43)41-29(3)12-11-13-39(41)45/h9-13,15-18,20-21,26,28,36,47-49H,1-2,4-6,14,19,22-25,27,46H2,3,7-8H3. The van der Waals surface area contributed by atoms with Gasteiger partial charge in [-0.2, -0.15) is 0 Å². The molecule has 10 heteroatoms. The van der Waals surface area contributed by atoms with E-state index in [0.717, 1.165) is 78.6 Å². The second-order valence-electron chi connectivity index (χ2n) is 13.5. The highest BCUT2D eigenvalue weighted by Crippen LogP contribution is 2.29. The van der Waals surface area contributed by atoms with Gasteiger partial charge in [0.25, 0.3) is 0 Å². The molecule has 1 aliphatic heterocycles. The third kappa shape index (κ3) is 8.89. The van der Waals surface area contributed by atoms with Gasteiger partial charge in [0.1, 0.15) is 11.5 Å². The Morgan fingerprint density at radius 2 is 1.78 bits per heavy atom. The zero-order valence-electron chi connectivity index (χ0n) is 31.8. The Hall–Kier alpha value is -6.16. The van der Waals surface area contributed by atoms with Crippen LogP contribution in [0.15, 0.2) is 117 Å². The third-order valence-corrected chi connectivity index (χ3v) is 10.1. The summed E-state index contributed by atoms with van der Waals surface area (Å²) >= 11 is 0. The summed E-state index contributed by atoms with van der Waals surface area (Å²) in [5, 5.41) is 15.6. The normalized spacial score (nSPS) is 13.1. The molecule has 1 saturated heterocycles. The maximum Gasteiger partial charge on any atom is 0.163 e. The first-order valence-corrected chi connectivity index (χ1v) is 18.1. The number of nitrogens with two attached hydrogens (primary N) is 1. The average Bonchev–Trinajstić information content (AvgIpc) is 3.19. The Morgan fingerprint density at radius 3 is 2.43 bits per heavy atom. The van der Waals surface area contributed by atoms with Crippen LogP contribution in [0.2, 0.25) is 0 Å². The number of allylic oxidation sites excluding steroid dienone is 1. The highest BCUT2D eigenvalue weighted by Gasteiger charge is 2.21. The van der Waals surface area contributed by atoms with E-state index in [-0.39, 0.29) is 29.0 Å². The topological polar surface area (TPSA) is 109 Å². The van der Waals surface area contributed by atoms with Gasteiger partial charge in [0.15, 0.2) is 5.82 Å². The van der Waals surface area contributed by atoms with Crippen LogP contribution in [0.4, 0.5) is 21.5 Å². The summed E-state index contributed by atoms with van der Waals surface area (Å²) < 4.78 is 14.7. The smallest absolute Gasteiger partial charge is 0.163 e. The second kappa shape index (κ2) is 17.6. The zero-order chi connectivity index (χ0) is 38.9. The Balaban J connectivity index is 1.17. The van der Waals surface area contributed by atoms with Crippen molar-refractivity contribution in [3.63, 3.8) is 0 Å². The molecule has 0 radical (unpaired) electrons. The minimum Gasteiger partial charge on any atom is -0.396 e. The van der Waals surface area contributed by atoms with Crippen molar-refractivity contribution in [2.45, 2.75) is 25.8 Å². The minimum absolute atomic E-state index is 0.108. The summed E-state index contributed by atoms with van der Waals surface area (Å²) in [7, 11) is 3.94. The number of rotatable bonds is 17. The van der Waals surface area contributed by atoms with Crippen LogP contribution in [-0.2, 0) is 0 Å². The summed E-state index contributed by atoms with van der Waals surface area (Å²) in [5.74, 6) is -0.211. The summed E-state index contributed by atoms with van der Waals surface area (Å²) in [4.78, 5) is 15.6. The largest absolute Gasteiger partial charge is 0.396 e. The molecule has 54 heavy (non-hydrogen) atoms. The molecular formula is C44H52FN9. The number of aryl methyl sites for hydroxylation is 1. The number of hydrogen-bond donors (Lipinski definition) is 4. The van der Waals surface area contributed by atoms with Crippen LogP contribution in [0.1, 0.15) is 40.8 Å². The molecule has 3 aromatic carbocycles. The van der Waals surface area contributed by atoms with Crippen LogP contribution in [0.5, 0.6) is 0 Å². The number of benzene rings is 3. The van der Waals surface area contributed by atoms with Crippen molar-refractivity contribution in [3.05, 3.63) is 151 Å². The van der Waals surface area contributed by atoms with E-state index in [0.29, 0.717) is 23.2 Å². The van der Waals surface area contributed by atoms with Crippen LogP contribution in [0, 0.1) is 18.2 Å². The lowest BCUT2D eigenvalue weighted by Gasteiger charge is -2.38. The van der Waals surface area contributed by atoms with Crippen LogP contribution in [-0.4, -0.2) is 78.3 Å². The molecule has 0 spiro atoms. The van der Waals surface area contributed by atoms with Crippen molar-refractivity contribution >= 4 is 34.5 Å². The molecule has 1 aromatic heterocycles. The number of hydrogen-bond acceptors (Lipinski definition) is 9. The molecule has 280 valence electrons. The molecule has 0 aliphatic carbocycles. The van der Waals surface area contributed by atoms with Crippen LogP contribution < -0.4 is 21.3 Å². The minimum atomic E-state index is -0.415. The number of aromatic nitrogens is 2. The van der Waals surface area contributed by atoms with Gasteiger partial charge < -0.3 is 31.1 Å². The van der Waals surface area contributed by atoms with E-state index in [9.17, 15) is 4.39 Å². The number of piperazine rings is 1. The maximum atomic E-state index is 14.7. The molecule has 1 atom stereocenters. The zero-order valence-corrected chi connectivity index (χ0v) is 31.8. The second-order valence-corrected chi connectivity index (χ2v) is 13.5. The van der Waals surface area contributed by atoms with Crippen molar-refractivity contribution in [3.8, 4) is 11.4 Å². The first kappa shape index (κ1) is 39.1. The van der Waals surface area contributed by atoms with E-state index in [4.69, 9.17) is 11.1 Å². The molecule has 2 heterocycles. The average molecular weight is 726 g/mol. The van der Waals surface area contributed by atoms with Gasteiger partial charge in [-0.05, 0) is 61.2 Å². The van der Waals surface area contributed by atoms with Gasteiger partial charge in [0.05, 0.1) is 29.7 Å². The van der Waals surface area contributed by atoms with E-state index in [1.807, 2.05) is 50.5 Å². The van der Waals surface area contributed by atoms with Crippen molar-refractivity contribution < 1.29 is 4.39 Å².